The zero-order chi connectivity index (χ0) is 22.8. The van der Waals surface area contributed by atoms with Gasteiger partial charge in [-0.15, -0.1) is 0 Å². The second kappa shape index (κ2) is 9.00. The van der Waals surface area contributed by atoms with Gasteiger partial charge in [0.25, 0.3) is 0 Å². The molecule has 1 aliphatic heterocycles. The van der Waals surface area contributed by atoms with E-state index in [0.717, 1.165) is 22.3 Å². The van der Waals surface area contributed by atoms with Gasteiger partial charge >= 0.3 is 12.1 Å². The summed E-state index contributed by atoms with van der Waals surface area (Å²) in [5.41, 5.74) is 4.43. The Kier molecular flexibility index (Phi) is 6.14. The molecule has 0 spiro atoms. The number of amides is 2. The van der Waals surface area contributed by atoms with Crippen molar-refractivity contribution < 1.29 is 29.3 Å². The van der Waals surface area contributed by atoms with E-state index in [1.807, 2.05) is 48.5 Å². The number of nitrogens with zero attached hydrogens (tertiary/aromatic N) is 1. The Bertz CT molecular complexity index is 993. The topological polar surface area (TPSA) is 116 Å². The number of nitrogens with one attached hydrogen (secondary N) is 1. The molecular weight excluding hydrogens is 412 g/mol. The summed E-state index contributed by atoms with van der Waals surface area (Å²) in [6.07, 6.45) is -1.52. The normalized spacial score (nSPS) is 20.8. The monoisotopic (exact) mass is 438 g/mol. The number of carboxylic acids is 1. The number of hydrogen-bond donors (Lipinski definition) is 3. The predicted octanol–water partition coefficient (Wildman–Crippen LogP) is 2.21. The molecule has 1 saturated heterocycles. The van der Waals surface area contributed by atoms with Gasteiger partial charge in [-0.1, -0.05) is 48.5 Å². The molecule has 0 aromatic heterocycles. The van der Waals surface area contributed by atoms with Crippen LogP contribution in [0.3, 0.4) is 0 Å². The number of carbonyl (C=O) groups excluding carboxylic acids is 2. The molecule has 4 rings (SSSR count). The molecule has 2 aromatic carbocycles. The quantitative estimate of drug-likeness (QED) is 0.659. The summed E-state index contributed by atoms with van der Waals surface area (Å²) in [6, 6.07) is 15.1. The second-order valence-corrected chi connectivity index (χ2v) is 8.36. The van der Waals surface area contributed by atoms with Crippen molar-refractivity contribution in [1.82, 2.24) is 10.2 Å². The van der Waals surface area contributed by atoms with Gasteiger partial charge in [0.05, 0.1) is 12.0 Å². The largest absolute Gasteiger partial charge is 0.481 e. The molecule has 2 unspecified atom stereocenters. The summed E-state index contributed by atoms with van der Waals surface area (Å²) < 4.78 is 5.46. The lowest BCUT2D eigenvalue weighted by Gasteiger charge is -2.35. The molecular formula is C24H26N2O6. The Morgan fingerprint density at radius 1 is 1.06 bits per heavy atom. The smallest absolute Gasteiger partial charge is 0.407 e. The van der Waals surface area contributed by atoms with Gasteiger partial charge in [-0.25, -0.2) is 4.79 Å². The third-order valence-electron chi connectivity index (χ3n) is 6.14. The average Bonchev–Trinajstić information content (AvgIpc) is 3.10. The average molecular weight is 438 g/mol. The van der Waals surface area contributed by atoms with Gasteiger partial charge in [0.15, 0.2) is 0 Å². The zero-order valence-corrected chi connectivity index (χ0v) is 17.7. The first kappa shape index (κ1) is 21.8. The van der Waals surface area contributed by atoms with Crippen LogP contribution in [0.15, 0.2) is 48.5 Å². The van der Waals surface area contributed by atoms with Crippen LogP contribution in [-0.2, 0) is 14.3 Å². The fourth-order valence-electron chi connectivity index (χ4n) is 4.58. The van der Waals surface area contributed by atoms with Crippen LogP contribution in [0.4, 0.5) is 4.79 Å². The summed E-state index contributed by atoms with van der Waals surface area (Å²) in [7, 11) is 0. The molecule has 1 fully saturated rings. The van der Waals surface area contributed by atoms with Crippen molar-refractivity contribution in [1.29, 1.82) is 0 Å². The van der Waals surface area contributed by atoms with E-state index in [-0.39, 0.29) is 32.0 Å². The van der Waals surface area contributed by atoms with Crippen LogP contribution in [-0.4, -0.2) is 64.9 Å². The molecule has 8 heteroatoms. The summed E-state index contributed by atoms with van der Waals surface area (Å²) in [4.78, 5) is 37.6. The standard InChI is InChI=1S/C24H26N2O6/c1-14(22(28)26-11-15(23(29)30)10-16(27)12-26)25-24(31)32-13-21-19-8-4-2-6-17(19)18-7-3-5-9-20(18)21/h2-9,14-16,21,27H,10-13H2,1H3,(H,25,31)(H,29,30)/t14-,15?,16?/m1/s1. The van der Waals surface area contributed by atoms with Gasteiger partial charge in [-0.05, 0) is 35.6 Å². The Hall–Kier alpha value is -3.39. The molecule has 2 amide bonds. The molecule has 168 valence electrons. The van der Waals surface area contributed by atoms with Crippen molar-refractivity contribution in [2.75, 3.05) is 19.7 Å². The number of fused-ring (bicyclic) bond motifs is 3. The molecule has 1 aliphatic carbocycles. The fraction of sp³-hybridized carbons (Fsp3) is 0.375. The third-order valence-corrected chi connectivity index (χ3v) is 6.14. The van der Waals surface area contributed by atoms with Crippen molar-refractivity contribution in [3.63, 3.8) is 0 Å². The van der Waals surface area contributed by atoms with Crippen LogP contribution in [0, 0.1) is 5.92 Å². The van der Waals surface area contributed by atoms with Crippen molar-refractivity contribution >= 4 is 18.0 Å². The molecule has 2 aromatic rings. The summed E-state index contributed by atoms with van der Waals surface area (Å²) in [5, 5.41) is 21.6. The number of carboxylic acid groups (broad SMARTS) is 1. The number of aliphatic hydroxyl groups excluding tert-OH is 1. The first-order valence-corrected chi connectivity index (χ1v) is 10.7. The molecule has 0 radical (unpaired) electrons. The molecule has 2 aliphatic rings. The van der Waals surface area contributed by atoms with Gasteiger partial charge in [0.1, 0.15) is 12.6 Å². The number of likely N-dealkylation sites (tertiary alicyclic amines) is 1. The van der Waals surface area contributed by atoms with E-state index in [0.29, 0.717) is 0 Å². The van der Waals surface area contributed by atoms with Gasteiger partial charge in [-0.3, -0.25) is 9.59 Å². The Labute approximate surface area is 185 Å². The van der Waals surface area contributed by atoms with E-state index in [2.05, 4.69) is 5.32 Å². The number of β-amino-alcohol motifs (C(OH)–C–C–N with tert-alkyl or cyclic N) is 1. The molecule has 0 bridgehead atoms. The van der Waals surface area contributed by atoms with Gasteiger partial charge in [-0.2, -0.15) is 0 Å². The van der Waals surface area contributed by atoms with E-state index < -0.39 is 36.0 Å². The summed E-state index contributed by atoms with van der Waals surface area (Å²) in [6.45, 7) is 1.69. The zero-order valence-electron chi connectivity index (χ0n) is 17.7. The molecule has 3 N–H and O–H groups in total. The summed E-state index contributed by atoms with van der Waals surface area (Å²) >= 11 is 0. The molecule has 32 heavy (non-hydrogen) atoms. The highest BCUT2D eigenvalue weighted by Crippen LogP contribution is 2.44. The minimum absolute atomic E-state index is 0.00192. The number of benzene rings is 2. The van der Waals surface area contributed by atoms with E-state index in [1.165, 1.54) is 11.8 Å². The maximum absolute atomic E-state index is 12.7. The van der Waals surface area contributed by atoms with Crippen LogP contribution >= 0.6 is 0 Å². The first-order valence-electron chi connectivity index (χ1n) is 10.7. The van der Waals surface area contributed by atoms with E-state index in [1.54, 1.807) is 0 Å². The number of carbonyl (C=O) groups is 3. The van der Waals surface area contributed by atoms with Gasteiger partial charge in [0, 0.05) is 19.0 Å². The van der Waals surface area contributed by atoms with Crippen LogP contribution in [0.2, 0.25) is 0 Å². The van der Waals surface area contributed by atoms with Crippen LogP contribution in [0.25, 0.3) is 11.1 Å². The lowest BCUT2D eigenvalue weighted by Crippen LogP contribution is -2.54. The SMILES string of the molecule is C[C@@H](NC(=O)OCC1c2ccccc2-c2ccccc21)C(=O)N1CC(O)CC(C(=O)O)C1. The number of alkyl carbamates (subject to hydrolysis) is 1. The predicted molar refractivity (Wildman–Crippen MR) is 116 cm³/mol. The van der Waals surface area contributed by atoms with Crippen molar-refractivity contribution in [2.24, 2.45) is 5.92 Å². The maximum Gasteiger partial charge on any atom is 0.407 e. The van der Waals surface area contributed by atoms with Crippen LogP contribution in [0.5, 0.6) is 0 Å². The van der Waals surface area contributed by atoms with E-state index in [4.69, 9.17) is 4.74 Å². The second-order valence-electron chi connectivity index (χ2n) is 8.36. The first-order chi connectivity index (χ1) is 15.3. The Balaban J connectivity index is 1.36. The number of ether oxygens (including phenoxy) is 1. The number of piperidine rings is 1. The molecule has 8 nitrogen and oxygen atoms in total. The molecule has 3 atom stereocenters. The number of aliphatic carboxylic acids is 1. The van der Waals surface area contributed by atoms with Crippen LogP contribution in [0.1, 0.15) is 30.4 Å². The van der Waals surface area contributed by atoms with Gasteiger partial charge < -0.3 is 25.2 Å². The highest BCUT2D eigenvalue weighted by atomic mass is 16.5. The molecule has 1 heterocycles. The Morgan fingerprint density at radius 2 is 1.66 bits per heavy atom. The number of aliphatic hydroxyl groups is 1. The third kappa shape index (κ3) is 4.31. The summed E-state index contributed by atoms with van der Waals surface area (Å²) in [5.74, 6) is -2.43. The minimum atomic E-state index is -1.06. The highest BCUT2D eigenvalue weighted by molar-refractivity contribution is 5.86. The lowest BCUT2D eigenvalue weighted by atomic mass is 9.95. The number of rotatable bonds is 5. The van der Waals surface area contributed by atoms with E-state index in [9.17, 15) is 24.6 Å². The Morgan fingerprint density at radius 3 is 2.25 bits per heavy atom. The highest BCUT2D eigenvalue weighted by Gasteiger charge is 2.35. The number of hydrogen-bond acceptors (Lipinski definition) is 5. The minimum Gasteiger partial charge on any atom is -0.481 e. The van der Waals surface area contributed by atoms with E-state index >= 15 is 0 Å². The maximum atomic E-state index is 12.7. The van der Waals surface area contributed by atoms with Crippen molar-refractivity contribution in [3.05, 3.63) is 59.7 Å². The lowest BCUT2D eigenvalue weighted by molar-refractivity contribution is -0.149. The van der Waals surface area contributed by atoms with Gasteiger partial charge in [0.2, 0.25) is 5.91 Å². The fourth-order valence-corrected chi connectivity index (χ4v) is 4.58. The van der Waals surface area contributed by atoms with Crippen molar-refractivity contribution in [3.8, 4) is 11.1 Å². The molecule has 0 saturated carbocycles. The van der Waals surface area contributed by atoms with Crippen molar-refractivity contribution in [2.45, 2.75) is 31.4 Å². The van der Waals surface area contributed by atoms with Crippen LogP contribution < -0.4 is 5.32 Å².